The van der Waals surface area contributed by atoms with Crippen LogP contribution in [0.3, 0.4) is 0 Å². The molecule has 23 heavy (non-hydrogen) atoms. The summed E-state index contributed by atoms with van der Waals surface area (Å²) in [4.78, 5) is 15.1. The molecule has 1 aliphatic rings. The first-order chi connectivity index (χ1) is 11.2. The number of methoxy groups -OCH3 is 1. The van der Waals surface area contributed by atoms with Crippen LogP contribution in [-0.4, -0.2) is 41.2 Å². The van der Waals surface area contributed by atoms with Crippen LogP contribution in [0.4, 0.5) is 11.8 Å². The molecule has 0 spiro atoms. The molecular weight excluding hydrogens is 292 g/mol. The second kappa shape index (κ2) is 6.48. The summed E-state index contributed by atoms with van der Waals surface area (Å²) in [5.41, 5.74) is 1.51. The van der Waals surface area contributed by atoms with Crippen LogP contribution < -0.4 is 15.0 Å². The Morgan fingerprint density at radius 3 is 3.00 bits per heavy atom. The topological polar surface area (TPSA) is 87.0 Å². The Morgan fingerprint density at radius 1 is 1.35 bits per heavy atom. The van der Waals surface area contributed by atoms with E-state index < -0.39 is 0 Å². The maximum atomic E-state index is 9.26. The molecule has 1 saturated heterocycles. The Labute approximate surface area is 135 Å². The van der Waals surface area contributed by atoms with E-state index in [4.69, 9.17) is 4.74 Å². The molecule has 0 amide bonds. The number of anilines is 2. The molecule has 0 aromatic carbocycles. The van der Waals surface area contributed by atoms with Gasteiger partial charge >= 0.3 is 0 Å². The third kappa shape index (κ3) is 3.31. The van der Waals surface area contributed by atoms with Gasteiger partial charge in [0.2, 0.25) is 11.8 Å². The fourth-order valence-electron chi connectivity index (χ4n) is 2.65. The largest absolute Gasteiger partial charge is 0.481 e. The van der Waals surface area contributed by atoms with Gasteiger partial charge in [0.05, 0.1) is 12.7 Å². The summed E-state index contributed by atoms with van der Waals surface area (Å²) in [6.07, 6.45) is 2.60. The Balaban J connectivity index is 1.71. The van der Waals surface area contributed by atoms with Gasteiger partial charge in [0.25, 0.3) is 0 Å². The molecule has 118 valence electrons. The Kier molecular flexibility index (Phi) is 4.24. The van der Waals surface area contributed by atoms with Crippen LogP contribution in [0.5, 0.6) is 5.88 Å². The average molecular weight is 310 g/mol. The Morgan fingerprint density at radius 2 is 2.22 bits per heavy atom. The minimum absolute atomic E-state index is 0.205. The summed E-state index contributed by atoms with van der Waals surface area (Å²) in [6.45, 7) is 3.53. The molecule has 1 aliphatic heterocycles. The zero-order valence-corrected chi connectivity index (χ0v) is 13.2. The number of pyridine rings is 1. The van der Waals surface area contributed by atoms with Crippen molar-refractivity contribution in [2.75, 3.05) is 30.4 Å². The molecule has 0 bridgehead atoms. The highest BCUT2D eigenvalue weighted by Crippen LogP contribution is 2.24. The predicted molar refractivity (Wildman–Crippen MR) is 86.5 cm³/mol. The smallest absolute Gasteiger partial charge is 0.226 e. The standard InChI is InChI=1S/C16H18N6O/c1-11-3-4-12(9-17)15(19-11)22-8-6-13(10-22)20-16-18-7-5-14(21-16)23-2/h3-5,7,13H,6,8,10H2,1-2H3,(H,18,20,21). The number of aryl methyl sites for hydroxylation is 1. The van der Waals surface area contributed by atoms with E-state index in [2.05, 4.69) is 31.2 Å². The second-order valence-corrected chi connectivity index (χ2v) is 5.43. The Bertz CT molecular complexity index is 742. The lowest BCUT2D eigenvalue weighted by atomic mass is 10.2. The highest BCUT2D eigenvalue weighted by atomic mass is 16.5. The van der Waals surface area contributed by atoms with E-state index in [1.165, 1.54) is 0 Å². The van der Waals surface area contributed by atoms with Crippen molar-refractivity contribution in [3.05, 3.63) is 35.7 Å². The SMILES string of the molecule is COc1ccnc(NC2CCN(c3nc(C)ccc3C#N)C2)n1. The van der Waals surface area contributed by atoms with Crippen molar-refractivity contribution in [1.82, 2.24) is 15.0 Å². The van der Waals surface area contributed by atoms with Gasteiger partial charge in [0, 0.05) is 37.1 Å². The summed E-state index contributed by atoms with van der Waals surface area (Å²) in [5.74, 6) is 1.83. The fraction of sp³-hybridized carbons (Fsp3) is 0.375. The summed E-state index contributed by atoms with van der Waals surface area (Å²) in [5, 5.41) is 12.6. The molecule has 2 aromatic rings. The molecule has 0 saturated carbocycles. The Hall–Kier alpha value is -2.88. The molecule has 7 nitrogen and oxygen atoms in total. The van der Waals surface area contributed by atoms with Crippen molar-refractivity contribution < 1.29 is 4.74 Å². The van der Waals surface area contributed by atoms with E-state index in [0.29, 0.717) is 17.4 Å². The average Bonchev–Trinajstić information content (AvgIpc) is 3.03. The van der Waals surface area contributed by atoms with Crippen LogP contribution in [-0.2, 0) is 0 Å². The second-order valence-electron chi connectivity index (χ2n) is 5.43. The van der Waals surface area contributed by atoms with E-state index in [-0.39, 0.29) is 6.04 Å². The van der Waals surface area contributed by atoms with E-state index in [1.807, 2.05) is 19.1 Å². The maximum absolute atomic E-state index is 9.26. The van der Waals surface area contributed by atoms with Gasteiger partial charge in [-0.2, -0.15) is 10.2 Å². The minimum Gasteiger partial charge on any atom is -0.481 e. The molecule has 1 N–H and O–H groups in total. The van der Waals surface area contributed by atoms with E-state index in [9.17, 15) is 5.26 Å². The number of hydrogen-bond acceptors (Lipinski definition) is 7. The monoisotopic (exact) mass is 310 g/mol. The van der Waals surface area contributed by atoms with Crippen molar-refractivity contribution >= 4 is 11.8 Å². The van der Waals surface area contributed by atoms with Crippen LogP contribution in [0.1, 0.15) is 17.7 Å². The molecule has 7 heteroatoms. The molecule has 1 unspecified atom stereocenters. The fourth-order valence-corrected chi connectivity index (χ4v) is 2.65. The molecule has 1 atom stereocenters. The first kappa shape index (κ1) is 15.0. The quantitative estimate of drug-likeness (QED) is 0.920. The molecule has 2 aromatic heterocycles. The number of nitriles is 1. The number of rotatable bonds is 4. The number of aromatic nitrogens is 3. The van der Waals surface area contributed by atoms with Gasteiger partial charge in [-0.05, 0) is 25.5 Å². The summed E-state index contributed by atoms with van der Waals surface area (Å²) in [6, 6.07) is 7.81. The highest BCUT2D eigenvalue weighted by molar-refractivity contribution is 5.55. The van der Waals surface area contributed by atoms with Crippen molar-refractivity contribution in [3.8, 4) is 11.9 Å². The molecule has 0 radical (unpaired) electrons. The first-order valence-electron chi connectivity index (χ1n) is 7.46. The molecular formula is C16H18N6O. The number of ether oxygens (including phenoxy) is 1. The van der Waals surface area contributed by atoms with Gasteiger partial charge in [0.1, 0.15) is 11.9 Å². The van der Waals surface area contributed by atoms with Crippen LogP contribution in [0.15, 0.2) is 24.4 Å². The normalized spacial score (nSPS) is 16.9. The van der Waals surface area contributed by atoms with Crippen molar-refractivity contribution in [3.63, 3.8) is 0 Å². The van der Waals surface area contributed by atoms with Gasteiger partial charge in [-0.25, -0.2) is 9.97 Å². The van der Waals surface area contributed by atoms with Gasteiger partial charge in [0.15, 0.2) is 0 Å². The van der Waals surface area contributed by atoms with E-state index in [1.54, 1.807) is 19.4 Å². The number of hydrogen-bond donors (Lipinski definition) is 1. The summed E-state index contributed by atoms with van der Waals surface area (Å²) in [7, 11) is 1.58. The zero-order chi connectivity index (χ0) is 16.2. The van der Waals surface area contributed by atoms with Crippen LogP contribution in [0.2, 0.25) is 0 Å². The molecule has 3 heterocycles. The third-order valence-corrected chi connectivity index (χ3v) is 3.79. The maximum Gasteiger partial charge on any atom is 0.226 e. The van der Waals surface area contributed by atoms with Gasteiger partial charge in [-0.3, -0.25) is 0 Å². The minimum atomic E-state index is 0.205. The summed E-state index contributed by atoms with van der Waals surface area (Å²) >= 11 is 0. The lowest BCUT2D eigenvalue weighted by Crippen LogP contribution is -2.28. The number of nitrogens with zero attached hydrogens (tertiary/aromatic N) is 5. The molecule has 3 rings (SSSR count). The molecule has 1 fully saturated rings. The highest BCUT2D eigenvalue weighted by Gasteiger charge is 2.26. The number of nitrogens with one attached hydrogen (secondary N) is 1. The van der Waals surface area contributed by atoms with Crippen molar-refractivity contribution in [2.45, 2.75) is 19.4 Å². The van der Waals surface area contributed by atoms with E-state index >= 15 is 0 Å². The van der Waals surface area contributed by atoms with Gasteiger partial charge in [-0.1, -0.05) is 0 Å². The van der Waals surface area contributed by atoms with Crippen LogP contribution >= 0.6 is 0 Å². The van der Waals surface area contributed by atoms with Crippen LogP contribution in [0, 0.1) is 18.3 Å². The third-order valence-electron chi connectivity index (χ3n) is 3.79. The first-order valence-corrected chi connectivity index (χ1v) is 7.46. The van der Waals surface area contributed by atoms with Crippen LogP contribution in [0.25, 0.3) is 0 Å². The van der Waals surface area contributed by atoms with Crippen molar-refractivity contribution in [2.24, 2.45) is 0 Å². The molecule has 0 aliphatic carbocycles. The van der Waals surface area contributed by atoms with Gasteiger partial charge in [-0.15, -0.1) is 0 Å². The lowest BCUT2D eigenvalue weighted by Gasteiger charge is -2.19. The predicted octanol–water partition coefficient (Wildman–Crippen LogP) is 1.75. The zero-order valence-electron chi connectivity index (χ0n) is 13.2. The lowest BCUT2D eigenvalue weighted by molar-refractivity contribution is 0.397. The van der Waals surface area contributed by atoms with Crippen molar-refractivity contribution in [1.29, 1.82) is 5.26 Å². The van der Waals surface area contributed by atoms with E-state index in [0.717, 1.165) is 31.0 Å². The van der Waals surface area contributed by atoms with Gasteiger partial charge < -0.3 is 15.0 Å². The summed E-state index contributed by atoms with van der Waals surface area (Å²) < 4.78 is 5.11.